The fourth-order valence-electron chi connectivity index (χ4n) is 4.76. The molecular weight excluding hydrogens is 530 g/mol. The lowest BCUT2D eigenvalue weighted by molar-refractivity contribution is -0.138. The number of nitriles is 1. The Morgan fingerprint density at radius 2 is 1.90 bits per heavy atom. The highest BCUT2D eigenvalue weighted by Crippen LogP contribution is 2.34. The Labute approximate surface area is 226 Å². The molecule has 1 fully saturated rings. The van der Waals surface area contributed by atoms with Gasteiger partial charge in [0.05, 0.1) is 59.8 Å². The van der Waals surface area contributed by atoms with Crippen LogP contribution < -0.4 is 15.0 Å². The van der Waals surface area contributed by atoms with Gasteiger partial charge < -0.3 is 15.0 Å². The summed E-state index contributed by atoms with van der Waals surface area (Å²) in [6.07, 6.45) is 2.33. The Kier molecular flexibility index (Phi) is 6.79. The molecule has 0 bridgehead atoms. The smallest absolute Gasteiger partial charge is 0.417 e. The van der Waals surface area contributed by atoms with E-state index in [-0.39, 0.29) is 0 Å². The molecule has 1 aliphatic rings. The minimum atomic E-state index is -4.79. The van der Waals surface area contributed by atoms with Crippen LogP contribution in [0.2, 0.25) is 0 Å². The summed E-state index contributed by atoms with van der Waals surface area (Å²) in [5.74, 6) is -0.798. The van der Waals surface area contributed by atoms with Crippen LogP contribution in [0.5, 0.6) is 5.75 Å². The quantitative estimate of drug-likeness (QED) is 0.360. The molecule has 3 aromatic heterocycles. The Morgan fingerprint density at radius 1 is 1.15 bits per heavy atom. The predicted molar refractivity (Wildman–Crippen MR) is 136 cm³/mol. The molecule has 0 saturated carbocycles. The van der Waals surface area contributed by atoms with E-state index in [1.807, 2.05) is 4.90 Å². The zero-order chi connectivity index (χ0) is 28.7. The van der Waals surface area contributed by atoms with Crippen molar-refractivity contribution in [2.45, 2.75) is 31.5 Å². The number of halogens is 4. The molecule has 13 heteroatoms. The summed E-state index contributed by atoms with van der Waals surface area (Å²) in [6.45, 7) is 2.64. The van der Waals surface area contributed by atoms with Crippen molar-refractivity contribution in [1.29, 1.82) is 5.26 Å². The number of amides is 1. The van der Waals surface area contributed by atoms with Crippen molar-refractivity contribution in [3.05, 3.63) is 71.6 Å². The Balaban J connectivity index is 1.31. The number of nitrogens with zero attached hydrogens (tertiary/aromatic N) is 6. The molecule has 0 atom stereocenters. The zero-order valence-electron chi connectivity index (χ0n) is 21.5. The number of carbonyl (C=O) groups is 1. The van der Waals surface area contributed by atoms with Crippen LogP contribution in [0, 0.1) is 17.1 Å². The molecule has 5 rings (SSSR count). The van der Waals surface area contributed by atoms with Crippen LogP contribution in [0.25, 0.3) is 16.8 Å². The number of carbonyl (C=O) groups excluding carboxylic acids is 1. The lowest BCUT2D eigenvalue weighted by Crippen LogP contribution is -2.53. The molecule has 0 unspecified atom stereocenters. The second kappa shape index (κ2) is 10.1. The number of ether oxygens (including phenoxy) is 1. The topological polar surface area (TPSA) is 108 Å². The summed E-state index contributed by atoms with van der Waals surface area (Å²) in [4.78, 5) is 23.8. The molecule has 4 heterocycles. The lowest BCUT2D eigenvalue weighted by atomic mass is 9.89. The van der Waals surface area contributed by atoms with Gasteiger partial charge in [-0.15, -0.1) is 0 Å². The van der Waals surface area contributed by atoms with Gasteiger partial charge in [0.2, 0.25) is 0 Å². The average molecular weight is 554 g/mol. The number of alkyl halides is 3. The molecule has 0 aliphatic carbocycles. The number of aromatic nitrogens is 4. The molecule has 206 valence electrons. The van der Waals surface area contributed by atoms with E-state index in [0.29, 0.717) is 78.0 Å². The second-order valence-corrected chi connectivity index (χ2v) is 9.71. The molecule has 1 saturated heterocycles. The third-order valence-corrected chi connectivity index (χ3v) is 6.99. The van der Waals surface area contributed by atoms with Gasteiger partial charge in [-0.3, -0.25) is 9.78 Å². The number of piperidine rings is 1. The van der Waals surface area contributed by atoms with Crippen molar-refractivity contribution in [3.8, 4) is 23.1 Å². The van der Waals surface area contributed by atoms with Gasteiger partial charge >= 0.3 is 6.18 Å². The fourth-order valence-corrected chi connectivity index (χ4v) is 4.76. The Morgan fingerprint density at radius 3 is 2.52 bits per heavy atom. The standard InChI is InChI=1S/C27H23F4N7O2/c1-26(36-25(39)19-9-17(28)3-4-21(19)27(29,30)31)5-7-37(8-6-26)23-14-33-22(13-34-23)20-10-18(40-2)15-38-24(20)16(11-32)12-35-38/h3-4,9-10,12-15H,5-8H2,1-2H3,(H,36,39). The molecule has 1 amide bonds. The monoisotopic (exact) mass is 553 g/mol. The molecule has 1 aromatic carbocycles. The maximum Gasteiger partial charge on any atom is 0.417 e. The van der Waals surface area contributed by atoms with Gasteiger partial charge in [0.25, 0.3) is 5.91 Å². The maximum absolute atomic E-state index is 13.7. The summed E-state index contributed by atoms with van der Waals surface area (Å²) in [6, 6.07) is 5.73. The van der Waals surface area contributed by atoms with E-state index in [1.54, 1.807) is 36.1 Å². The SMILES string of the molecule is COc1cc(-c2cnc(N3CCC(C)(NC(=O)c4cc(F)ccc4C(F)(F)F)CC3)cn2)c2c(C#N)cnn2c1. The van der Waals surface area contributed by atoms with E-state index in [4.69, 9.17) is 4.74 Å². The number of methoxy groups -OCH3 is 1. The van der Waals surface area contributed by atoms with E-state index in [2.05, 4.69) is 26.5 Å². The highest BCUT2D eigenvalue weighted by Gasteiger charge is 2.38. The van der Waals surface area contributed by atoms with Crippen LogP contribution in [0.4, 0.5) is 23.4 Å². The van der Waals surface area contributed by atoms with Crippen molar-refractivity contribution in [3.63, 3.8) is 0 Å². The van der Waals surface area contributed by atoms with E-state index in [0.717, 1.165) is 0 Å². The molecule has 40 heavy (non-hydrogen) atoms. The van der Waals surface area contributed by atoms with Crippen LogP contribution in [0.15, 0.2) is 49.1 Å². The van der Waals surface area contributed by atoms with Crippen LogP contribution in [-0.2, 0) is 6.18 Å². The van der Waals surface area contributed by atoms with E-state index in [9.17, 15) is 27.6 Å². The van der Waals surface area contributed by atoms with Crippen molar-refractivity contribution in [2.24, 2.45) is 0 Å². The largest absolute Gasteiger partial charge is 0.495 e. The van der Waals surface area contributed by atoms with Crippen molar-refractivity contribution >= 4 is 17.2 Å². The lowest BCUT2D eigenvalue weighted by Gasteiger charge is -2.40. The summed E-state index contributed by atoms with van der Waals surface area (Å²) >= 11 is 0. The van der Waals surface area contributed by atoms with Crippen LogP contribution in [0.1, 0.15) is 41.3 Å². The number of anilines is 1. The highest BCUT2D eigenvalue weighted by atomic mass is 19.4. The van der Waals surface area contributed by atoms with Crippen LogP contribution >= 0.6 is 0 Å². The highest BCUT2D eigenvalue weighted by molar-refractivity contribution is 5.96. The number of rotatable bonds is 5. The van der Waals surface area contributed by atoms with E-state index in [1.165, 1.54) is 13.3 Å². The van der Waals surface area contributed by atoms with Gasteiger partial charge in [-0.25, -0.2) is 13.9 Å². The Hall–Kier alpha value is -4.73. The number of fused-ring (bicyclic) bond motifs is 1. The van der Waals surface area contributed by atoms with Gasteiger partial charge in [0, 0.05) is 24.2 Å². The summed E-state index contributed by atoms with van der Waals surface area (Å²) in [5.41, 5.74) is -0.664. The van der Waals surface area contributed by atoms with Gasteiger partial charge in [0.1, 0.15) is 23.5 Å². The fraction of sp³-hybridized carbons (Fsp3) is 0.296. The number of hydrogen-bond acceptors (Lipinski definition) is 7. The van der Waals surface area contributed by atoms with Crippen LogP contribution in [-0.4, -0.2) is 51.2 Å². The first kappa shape index (κ1) is 26.9. The predicted octanol–water partition coefficient (Wildman–Crippen LogP) is 4.62. The summed E-state index contributed by atoms with van der Waals surface area (Å²) in [7, 11) is 1.52. The summed E-state index contributed by atoms with van der Waals surface area (Å²) in [5, 5.41) is 16.4. The van der Waals surface area contributed by atoms with Crippen molar-refractivity contribution < 1.29 is 27.1 Å². The van der Waals surface area contributed by atoms with E-state index < -0.39 is 34.6 Å². The third kappa shape index (κ3) is 5.12. The van der Waals surface area contributed by atoms with Gasteiger partial charge in [-0.2, -0.15) is 23.5 Å². The first-order valence-corrected chi connectivity index (χ1v) is 12.2. The zero-order valence-corrected chi connectivity index (χ0v) is 21.5. The molecule has 1 aliphatic heterocycles. The average Bonchev–Trinajstić information content (AvgIpc) is 3.35. The van der Waals surface area contributed by atoms with E-state index >= 15 is 0 Å². The maximum atomic E-state index is 13.7. The molecule has 0 radical (unpaired) electrons. The molecule has 1 N–H and O–H groups in total. The minimum Gasteiger partial charge on any atom is -0.495 e. The van der Waals surface area contributed by atoms with Crippen molar-refractivity contribution in [1.82, 2.24) is 24.9 Å². The molecule has 0 spiro atoms. The molecule has 9 nitrogen and oxygen atoms in total. The number of nitrogens with one attached hydrogen (secondary N) is 1. The first-order chi connectivity index (χ1) is 19.0. The number of hydrogen-bond donors (Lipinski definition) is 1. The number of pyridine rings is 1. The van der Waals surface area contributed by atoms with Gasteiger partial charge in [0.15, 0.2) is 0 Å². The molecule has 4 aromatic rings. The first-order valence-electron chi connectivity index (χ1n) is 12.2. The van der Waals surface area contributed by atoms with Gasteiger partial charge in [-0.05, 0) is 44.0 Å². The summed E-state index contributed by atoms with van der Waals surface area (Å²) < 4.78 is 60.7. The van der Waals surface area contributed by atoms with Crippen LogP contribution in [0.3, 0.4) is 0 Å². The minimum absolute atomic E-state index is 0.376. The number of benzene rings is 1. The third-order valence-electron chi connectivity index (χ3n) is 6.99. The Bertz CT molecular complexity index is 1620. The second-order valence-electron chi connectivity index (χ2n) is 9.71. The molecular formula is C27H23F4N7O2. The van der Waals surface area contributed by atoms with Gasteiger partial charge in [-0.1, -0.05) is 0 Å². The normalized spacial score (nSPS) is 15.1. The van der Waals surface area contributed by atoms with Crippen molar-refractivity contribution in [2.75, 3.05) is 25.1 Å².